The van der Waals surface area contributed by atoms with Gasteiger partial charge in [0.1, 0.15) is 23.3 Å². The predicted molar refractivity (Wildman–Crippen MR) is 142 cm³/mol. The average molecular weight is 524 g/mol. The topological polar surface area (TPSA) is 59.8 Å². The summed E-state index contributed by atoms with van der Waals surface area (Å²) < 4.78 is 17.5. The number of anilines is 1. The maximum atomic E-state index is 6.37. The number of benzene rings is 2. The number of rotatable bonds is 7. The van der Waals surface area contributed by atoms with Crippen LogP contribution in [0.15, 0.2) is 93.4 Å². The van der Waals surface area contributed by atoms with Gasteiger partial charge < -0.3 is 24.1 Å². The fraction of sp³-hybridized carbons (Fsp3) is 0.154. The molecule has 1 N–H and O–H groups in total. The van der Waals surface area contributed by atoms with Crippen LogP contribution < -0.4 is 19.7 Å². The van der Waals surface area contributed by atoms with Crippen LogP contribution in [0.5, 0.6) is 11.5 Å². The SMILES string of the molecule is COc1ccc(OC)c(N2C(=S)N[C@@H](c3ccccn3)[C@H]2c2ccc(Sc3ccc(Cl)cc3)o2)c1. The van der Waals surface area contributed by atoms with Gasteiger partial charge in [0.25, 0.3) is 0 Å². The molecule has 35 heavy (non-hydrogen) atoms. The van der Waals surface area contributed by atoms with Crippen LogP contribution >= 0.6 is 35.6 Å². The molecule has 178 valence electrons. The van der Waals surface area contributed by atoms with E-state index in [0.717, 1.165) is 27.1 Å². The second-order valence-corrected chi connectivity index (χ2v) is 9.65. The molecular weight excluding hydrogens is 502 g/mol. The summed E-state index contributed by atoms with van der Waals surface area (Å²) in [7, 11) is 3.27. The number of pyridine rings is 1. The van der Waals surface area contributed by atoms with Crippen molar-refractivity contribution in [2.45, 2.75) is 22.1 Å². The molecule has 9 heteroatoms. The van der Waals surface area contributed by atoms with Crippen LogP contribution in [0.1, 0.15) is 23.5 Å². The van der Waals surface area contributed by atoms with Gasteiger partial charge in [0, 0.05) is 22.2 Å². The molecule has 0 saturated carbocycles. The lowest BCUT2D eigenvalue weighted by Gasteiger charge is -2.27. The summed E-state index contributed by atoms with van der Waals surface area (Å²) in [4.78, 5) is 7.63. The minimum Gasteiger partial charge on any atom is -0.497 e. The first-order valence-electron chi connectivity index (χ1n) is 10.8. The Labute approximate surface area is 218 Å². The Morgan fingerprint density at radius 2 is 1.86 bits per heavy atom. The molecule has 0 amide bonds. The van der Waals surface area contributed by atoms with Gasteiger partial charge in [-0.2, -0.15) is 0 Å². The number of nitrogens with one attached hydrogen (secondary N) is 1. The van der Waals surface area contributed by atoms with Gasteiger partial charge in [-0.05, 0) is 72.9 Å². The monoisotopic (exact) mass is 523 g/mol. The summed E-state index contributed by atoms with van der Waals surface area (Å²) >= 11 is 13.4. The zero-order valence-corrected chi connectivity index (χ0v) is 21.4. The van der Waals surface area contributed by atoms with Gasteiger partial charge in [-0.3, -0.25) is 4.98 Å². The highest BCUT2D eigenvalue weighted by atomic mass is 35.5. The van der Waals surface area contributed by atoms with Crippen LogP contribution in [0.2, 0.25) is 5.02 Å². The number of methoxy groups -OCH3 is 2. The van der Waals surface area contributed by atoms with Crippen molar-refractivity contribution < 1.29 is 13.9 Å². The van der Waals surface area contributed by atoms with Gasteiger partial charge in [-0.15, -0.1) is 0 Å². The summed E-state index contributed by atoms with van der Waals surface area (Å²) in [6.07, 6.45) is 1.77. The standard InChI is InChI=1S/C26H22ClN3O3S2/c1-31-17-8-11-21(32-2)20(15-17)30-25(24(29-26(30)34)19-5-3-4-14-28-19)22-12-13-23(33-22)35-18-9-6-16(27)7-10-18/h3-15,24-25H,1-2H3,(H,29,34)/t24-,25+/m0/s1. The summed E-state index contributed by atoms with van der Waals surface area (Å²) in [6, 6.07) is 22.5. The lowest BCUT2D eigenvalue weighted by molar-refractivity contribution is 0.379. The van der Waals surface area contributed by atoms with E-state index in [1.807, 2.05) is 77.7 Å². The van der Waals surface area contributed by atoms with Crippen LogP contribution in [0.3, 0.4) is 0 Å². The van der Waals surface area contributed by atoms with E-state index in [2.05, 4.69) is 10.3 Å². The fourth-order valence-electron chi connectivity index (χ4n) is 4.06. The lowest BCUT2D eigenvalue weighted by Crippen LogP contribution is -2.29. The van der Waals surface area contributed by atoms with E-state index in [1.165, 1.54) is 11.8 Å². The molecule has 0 unspecified atom stereocenters. The van der Waals surface area contributed by atoms with Crippen molar-refractivity contribution in [2.75, 3.05) is 19.1 Å². The Kier molecular flexibility index (Phi) is 6.86. The number of nitrogens with zero attached hydrogens (tertiary/aromatic N) is 2. The minimum atomic E-state index is -0.307. The van der Waals surface area contributed by atoms with E-state index in [9.17, 15) is 0 Å². The largest absolute Gasteiger partial charge is 0.497 e. The molecule has 1 aliphatic heterocycles. The first-order valence-corrected chi connectivity index (χ1v) is 12.4. The molecule has 1 aliphatic rings. The molecule has 2 aromatic heterocycles. The normalized spacial score (nSPS) is 17.3. The zero-order valence-electron chi connectivity index (χ0n) is 19.0. The van der Waals surface area contributed by atoms with E-state index in [1.54, 1.807) is 20.4 Å². The maximum absolute atomic E-state index is 6.37. The number of ether oxygens (including phenoxy) is 2. The number of halogens is 1. The third kappa shape index (κ3) is 4.82. The first kappa shape index (κ1) is 23.5. The van der Waals surface area contributed by atoms with Crippen LogP contribution in [-0.2, 0) is 0 Å². The average Bonchev–Trinajstić information content (AvgIpc) is 3.49. The van der Waals surface area contributed by atoms with Gasteiger partial charge in [-0.1, -0.05) is 29.4 Å². The van der Waals surface area contributed by atoms with Crippen LogP contribution in [0.4, 0.5) is 5.69 Å². The molecule has 1 saturated heterocycles. The van der Waals surface area contributed by atoms with Gasteiger partial charge in [0.15, 0.2) is 10.2 Å². The van der Waals surface area contributed by atoms with E-state index >= 15 is 0 Å². The highest BCUT2D eigenvalue weighted by Crippen LogP contribution is 2.46. The third-order valence-corrected chi connectivity index (χ3v) is 7.16. The second kappa shape index (κ2) is 10.2. The van der Waals surface area contributed by atoms with Crippen molar-refractivity contribution >= 4 is 46.4 Å². The van der Waals surface area contributed by atoms with Crippen molar-refractivity contribution in [3.63, 3.8) is 0 Å². The highest BCUT2D eigenvalue weighted by Gasteiger charge is 2.43. The van der Waals surface area contributed by atoms with Gasteiger partial charge >= 0.3 is 0 Å². The Balaban J connectivity index is 1.57. The fourth-order valence-corrected chi connectivity index (χ4v) is 5.30. The van der Waals surface area contributed by atoms with E-state index in [-0.39, 0.29) is 12.1 Å². The van der Waals surface area contributed by atoms with Gasteiger partial charge in [0.05, 0.1) is 31.6 Å². The second-order valence-electron chi connectivity index (χ2n) is 7.75. The first-order chi connectivity index (χ1) is 17.1. The van der Waals surface area contributed by atoms with Crippen molar-refractivity contribution in [1.29, 1.82) is 0 Å². The van der Waals surface area contributed by atoms with E-state index < -0.39 is 0 Å². The molecular formula is C26H22ClN3O3S2. The summed E-state index contributed by atoms with van der Waals surface area (Å²) in [6.45, 7) is 0. The number of hydrogen-bond donors (Lipinski definition) is 1. The Morgan fingerprint density at radius 3 is 2.57 bits per heavy atom. The quantitative estimate of drug-likeness (QED) is 0.269. The molecule has 3 heterocycles. The molecule has 6 nitrogen and oxygen atoms in total. The highest BCUT2D eigenvalue weighted by molar-refractivity contribution is 7.99. The molecule has 2 atom stereocenters. The lowest BCUT2D eigenvalue weighted by atomic mass is 10.0. The third-order valence-electron chi connectivity index (χ3n) is 5.67. The van der Waals surface area contributed by atoms with Crippen LogP contribution in [0.25, 0.3) is 0 Å². The van der Waals surface area contributed by atoms with Crippen LogP contribution in [0, 0.1) is 0 Å². The summed E-state index contributed by atoms with van der Waals surface area (Å²) in [5.41, 5.74) is 1.63. The van der Waals surface area contributed by atoms with Crippen molar-refractivity contribution in [2.24, 2.45) is 0 Å². The molecule has 0 spiro atoms. The minimum absolute atomic E-state index is 0.237. The summed E-state index contributed by atoms with van der Waals surface area (Å²) in [5, 5.41) is 5.44. The summed E-state index contributed by atoms with van der Waals surface area (Å²) in [5.74, 6) is 2.11. The molecule has 1 fully saturated rings. The van der Waals surface area contributed by atoms with E-state index in [0.29, 0.717) is 21.6 Å². The maximum Gasteiger partial charge on any atom is 0.174 e. The van der Waals surface area contributed by atoms with E-state index in [4.69, 9.17) is 37.7 Å². The Morgan fingerprint density at radius 1 is 1.03 bits per heavy atom. The number of aromatic nitrogens is 1. The number of thiocarbonyl (C=S) groups is 1. The zero-order chi connectivity index (χ0) is 24.4. The smallest absolute Gasteiger partial charge is 0.174 e. The molecule has 0 bridgehead atoms. The molecule has 5 rings (SSSR count). The van der Waals surface area contributed by atoms with Crippen molar-refractivity contribution in [1.82, 2.24) is 10.3 Å². The van der Waals surface area contributed by atoms with Gasteiger partial charge in [-0.25, -0.2) is 0 Å². The van der Waals surface area contributed by atoms with Gasteiger partial charge in [0.2, 0.25) is 0 Å². The van der Waals surface area contributed by atoms with Crippen molar-refractivity contribution in [3.05, 3.63) is 95.5 Å². The van der Waals surface area contributed by atoms with Crippen molar-refractivity contribution in [3.8, 4) is 11.5 Å². The molecule has 0 radical (unpaired) electrons. The van der Waals surface area contributed by atoms with Crippen LogP contribution in [-0.4, -0.2) is 24.3 Å². The number of furan rings is 1. The Bertz CT molecular complexity index is 1330. The molecule has 4 aromatic rings. The predicted octanol–water partition coefficient (Wildman–Crippen LogP) is 6.67. The number of hydrogen-bond acceptors (Lipinski definition) is 6. The molecule has 2 aromatic carbocycles. The molecule has 0 aliphatic carbocycles. The Hall–Kier alpha value is -3.20.